The van der Waals surface area contributed by atoms with E-state index in [-0.39, 0.29) is 0 Å². The van der Waals surface area contributed by atoms with Crippen LogP contribution in [0.2, 0.25) is 14.5 Å². The van der Waals surface area contributed by atoms with Crippen molar-refractivity contribution < 1.29 is 0 Å². The number of benzene rings is 1. The second-order valence-corrected chi connectivity index (χ2v) is 4.81. The molecule has 1 aromatic heterocycles. The number of hydrogen-bond donors (Lipinski definition) is 0. The molecule has 0 saturated heterocycles. The second-order valence-electron chi connectivity index (χ2n) is 2.46. The minimum atomic E-state index is 0.385. The molecule has 0 aliphatic carbocycles. The molecule has 1 heterocycles. The van der Waals surface area contributed by atoms with Gasteiger partial charge >= 0.3 is 0 Å². The van der Waals surface area contributed by atoms with Crippen molar-refractivity contribution in [3.63, 3.8) is 0 Å². The zero-order valence-corrected chi connectivity index (χ0v) is 9.75. The summed E-state index contributed by atoms with van der Waals surface area (Å²) in [5.41, 5.74) is 0.753. The summed E-state index contributed by atoms with van der Waals surface area (Å²) < 4.78 is 0.385. The zero-order chi connectivity index (χ0) is 10.1. The van der Waals surface area contributed by atoms with Crippen LogP contribution in [0.15, 0.2) is 18.2 Å². The number of halogens is 3. The van der Waals surface area contributed by atoms with Crippen LogP contribution in [0.1, 0.15) is 0 Å². The molecule has 6 heteroatoms. The predicted molar refractivity (Wildman–Crippen MR) is 60.4 cm³/mol. The SMILES string of the molecule is Clc1nnc(-c2cccc(Cl)c2Cl)s1. The molecule has 0 spiro atoms. The van der Waals surface area contributed by atoms with Gasteiger partial charge in [-0.15, -0.1) is 10.2 Å². The Labute approximate surface area is 99.4 Å². The molecule has 0 saturated carbocycles. The number of nitrogens with zero attached hydrogens (tertiary/aromatic N) is 2. The summed E-state index contributed by atoms with van der Waals surface area (Å²) in [5, 5.41) is 9.22. The van der Waals surface area contributed by atoms with Gasteiger partial charge in [-0.25, -0.2) is 0 Å². The summed E-state index contributed by atoms with van der Waals surface area (Å²) in [6.07, 6.45) is 0. The summed E-state index contributed by atoms with van der Waals surface area (Å²) in [6.45, 7) is 0. The van der Waals surface area contributed by atoms with Gasteiger partial charge in [0.05, 0.1) is 10.0 Å². The molecular formula is C8H3Cl3N2S. The van der Waals surface area contributed by atoms with Gasteiger partial charge in [0.1, 0.15) is 5.01 Å². The van der Waals surface area contributed by atoms with Crippen molar-refractivity contribution >= 4 is 46.1 Å². The highest BCUT2D eigenvalue weighted by atomic mass is 35.5. The maximum atomic E-state index is 6.00. The Kier molecular flexibility index (Phi) is 2.93. The van der Waals surface area contributed by atoms with Crippen LogP contribution in [-0.4, -0.2) is 10.2 Å². The molecule has 0 unspecified atom stereocenters. The maximum Gasteiger partial charge on any atom is 0.207 e. The van der Waals surface area contributed by atoms with Gasteiger partial charge in [-0.3, -0.25) is 0 Å². The van der Waals surface area contributed by atoms with Crippen LogP contribution in [0.25, 0.3) is 10.6 Å². The van der Waals surface area contributed by atoms with E-state index in [1.165, 1.54) is 11.3 Å². The first-order valence-electron chi connectivity index (χ1n) is 3.62. The molecule has 14 heavy (non-hydrogen) atoms. The van der Waals surface area contributed by atoms with Crippen LogP contribution in [-0.2, 0) is 0 Å². The Morgan fingerprint density at radius 2 is 1.86 bits per heavy atom. The first-order valence-corrected chi connectivity index (χ1v) is 5.57. The molecule has 2 rings (SSSR count). The lowest BCUT2D eigenvalue weighted by Crippen LogP contribution is -1.79. The summed E-state index contributed by atoms with van der Waals surface area (Å²) in [5.74, 6) is 0. The number of aromatic nitrogens is 2. The predicted octanol–water partition coefficient (Wildman–Crippen LogP) is 4.17. The third kappa shape index (κ3) is 1.86. The Hall–Kier alpha value is -0.350. The highest BCUT2D eigenvalue weighted by Crippen LogP contribution is 2.35. The van der Waals surface area contributed by atoms with E-state index in [1.807, 2.05) is 6.07 Å². The van der Waals surface area contributed by atoms with Crippen molar-refractivity contribution in [1.29, 1.82) is 0 Å². The largest absolute Gasteiger partial charge is 0.207 e. The molecule has 0 fully saturated rings. The van der Waals surface area contributed by atoms with Crippen LogP contribution in [0.3, 0.4) is 0 Å². The van der Waals surface area contributed by atoms with Crippen LogP contribution in [0.4, 0.5) is 0 Å². The van der Waals surface area contributed by atoms with Crippen LogP contribution >= 0.6 is 46.1 Å². The summed E-state index contributed by atoms with van der Waals surface area (Å²) in [7, 11) is 0. The minimum Gasteiger partial charge on any atom is -0.137 e. The zero-order valence-electron chi connectivity index (χ0n) is 6.67. The third-order valence-corrected chi connectivity index (χ3v) is 3.45. The van der Waals surface area contributed by atoms with Crippen molar-refractivity contribution in [2.75, 3.05) is 0 Å². The van der Waals surface area contributed by atoms with Gasteiger partial charge in [0.25, 0.3) is 0 Å². The van der Waals surface area contributed by atoms with E-state index in [2.05, 4.69) is 10.2 Å². The van der Waals surface area contributed by atoms with Gasteiger partial charge in [-0.1, -0.05) is 46.7 Å². The first kappa shape index (κ1) is 10.2. The minimum absolute atomic E-state index is 0.385. The fourth-order valence-electron chi connectivity index (χ4n) is 0.983. The lowest BCUT2D eigenvalue weighted by atomic mass is 10.2. The molecule has 0 radical (unpaired) electrons. The second kappa shape index (κ2) is 4.03. The third-order valence-electron chi connectivity index (χ3n) is 1.58. The van der Waals surface area contributed by atoms with Gasteiger partial charge in [0.15, 0.2) is 0 Å². The standard InChI is InChI=1S/C8H3Cl3N2S/c9-5-3-1-2-4(6(5)10)7-12-13-8(11)14-7/h1-3H. The number of rotatable bonds is 1. The molecule has 72 valence electrons. The monoisotopic (exact) mass is 264 g/mol. The van der Waals surface area contributed by atoms with Crippen LogP contribution in [0, 0.1) is 0 Å². The molecule has 1 aromatic carbocycles. The molecule has 0 aliphatic rings. The average molecular weight is 266 g/mol. The van der Waals surface area contributed by atoms with Gasteiger partial charge in [0, 0.05) is 5.56 Å². The van der Waals surface area contributed by atoms with Crippen molar-refractivity contribution in [2.24, 2.45) is 0 Å². The van der Waals surface area contributed by atoms with E-state index in [9.17, 15) is 0 Å². The first-order chi connectivity index (χ1) is 6.68. The Balaban J connectivity index is 2.57. The molecule has 2 aromatic rings. The Morgan fingerprint density at radius 3 is 2.50 bits per heavy atom. The molecule has 0 N–H and O–H groups in total. The summed E-state index contributed by atoms with van der Waals surface area (Å²) in [4.78, 5) is 0. The van der Waals surface area contributed by atoms with E-state index in [0.29, 0.717) is 19.5 Å². The molecule has 0 aliphatic heterocycles. The molecule has 0 amide bonds. The van der Waals surface area contributed by atoms with E-state index in [1.54, 1.807) is 12.1 Å². The van der Waals surface area contributed by atoms with E-state index < -0.39 is 0 Å². The molecule has 0 bridgehead atoms. The van der Waals surface area contributed by atoms with Gasteiger partial charge in [-0.2, -0.15) is 0 Å². The fourth-order valence-corrected chi connectivity index (χ4v) is 2.29. The summed E-state index contributed by atoms with van der Waals surface area (Å²) >= 11 is 18.8. The van der Waals surface area contributed by atoms with Crippen molar-refractivity contribution in [3.8, 4) is 10.6 Å². The lowest BCUT2D eigenvalue weighted by molar-refractivity contribution is 1.10. The fraction of sp³-hybridized carbons (Fsp3) is 0. The van der Waals surface area contributed by atoms with Gasteiger partial charge < -0.3 is 0 Å². The van der Waals surface area contributed by atoms with E-state index in [0.717, 1.165) is 5.56 Å². The maximum absolute atomic E-state index is 6.00. The quantitative estimate of drug-likeness (QED) is 0.773. The topological polar surface area (TPSA) is 25.8 Å². The average Bonchev–Trinajstić information content (AvgIpc) is 2.57. The van der Waals surface area contributed by atoms with Crippen molar-refractivity contribution in [3.05, 3.63) is 32.7 Å². The highest BCUT2D eigenvalue weighted by Gasteiger charge is 2.10. The molecule has 2 nitrogen and oxygen atoms in total. The molecule has 0 atom stereocenters. The van der Waals surface area contributed by atoms with Crippen LogP contribution < -0.4 is 0 Å². The normalized spacial score (nSPS) is 10.5. The smallest absolute Gasteiger partial charge is 0.137 e. The summed E-state index contributed by atoms with van der Waals surface area (Å²) in [6, 6.07) is 5.35. The van der Waals surface area contributed by atoms with Gasteiger partial charge in [0.2, 0.25) is 4.47 Å². The van der Waals surface area contributed by atoms with Crippen LogP contribution in [0.5, 0.6) is 0 Å². The lowest BCUT2D eigenvalue weighted by Gasteiger charge is -2.00. The van der Waals surface area contributed by atoms with Gasteiger partial charge in [-0.05, 0) is 17.7 Å². The van der Waals surface area contributed by atoms with E-state index >= 15 is 0 Å². The van der Waals surface area contributed by atoms with Crippen molar-refractivity contribution in [2.45, 2.75) is 0 Å². The highest BCUT2D eigenvalue weighted by molar-refractivity contribution is 7.18. The Bertz CT molecular complexity index is 469. The number of hydrogen-bond acceptors (Lipinski definition) is 3. The van der Waals surface area contributed by atoms with Crippen molar-refractivity contribution in [1.82, 2.24) is 10.2 Å². The Morgan fingerprint density at radius 1 is 1.07 bits per heavy atom. The molecular weight excluding hydrogens is 263 g/mol. The van der Waals surface area contributed by atoms with E-state index in [4.69, 9.17) is 34.8 Å².